The van der Waals surface area contributed by atoms with E-state index >= 15 is 0 Å². The number of nitrogens with zero attached hydrogens (tertiary/aromatic N) is 1. The molecule has 0 unspecified atom stereocenters. The van der Waals surface area contributed by atoms with Crippen LogP contribution in [0.1, 0.15) is 5.56 Å². The quantitative estimate of drug-likeness (QED) is 0.651. The van der Waals surface area contributed by atoms with E-state index in [9.17, 15) is 20.0 Å². The Hall–Kier alpha value is -2.89. The Labute approximate surface area is 120 Å². The van der Waals surface area contributed by atoms with Gasteiger partial charge in [-0.15, -0.1) is 0 Å². The highest BCUT2D eigenvalue weighted by molar-refractivity contribution is 5.73. The van der Waals surface area contributed by atoms with Crippen LogP contribution in [0.15, 0.2) is 54.6 Å². The second-order valence-corrected chi connectivity index (χ2v) is 4.39. The predicted molar refractivity (Wildman–Crippen MR) is 75.3 cm³/mol. The number of carboxylic acid groups (broad SMARTS) is 1. The van der Waals surface area contributed by atoms with Gasteiger partial charge in [-0.05, 0) is 17.7 Å². The van der Waals surface area contributed by atoms with Gasteiger partial charge in [-0.25, -0.2) is 4.79 Å². The van der Waals surface area contributed by atoms with Gasteiger partial charge in [0.25, 0.3) is 5.69 Å². The molecule has 0 aliphatic heterocycles. The van der Waals surface area contributed by atoms with Crippen molar-refractivity contribution in [2.45, 2.75) is 12.5 Å². The van der Waals surface area contributed by atoms with Gasteiger partial charge in [0.1, 0.15) is 5.75 Å². The lowest BCUT2D eigenvalue weighted by Crippen LogP contribution is -2.29. The number of nitro benzene ring substituents is 1. The zero-order valence-electron chi connectivity index (χ0n) is 11.0. The van der Waals surface area contributed by atoms with E-state index in [-0.39, 0.29) is 12.1 Å². The maximum absolute atomic E-state index is 11.3. The van der Waals surface area contributed by atoms with Crippen molar-refractivity contribution < 1.29 is 19.6 Å². The molecule has 6 nitrogen and oxygen atoms in total. The molecule has 0 radical (unpaired) electrons. The van der Waals surface area contributed by atoms with E-state index in [1.165, 1.54) is 18.2 Å². The van der Waals surface area contributed by atoms with Crippen LogP contribution >= 0.6 is 0 Å². The minimum absolute atomic E-state index is 0.0475. The summed E-state index contributed by atoms with van der Waals surface area (Å²) in [5, 5.41) is 19.9. The Balaban J connectivity index is 2.15. The first-order chi connectivity index (χ1) is 10.1. The van der Waals surface area contributed by atoms with Gasteiger partial charge in [0, 0.05) is 18.6 Å². The highest BCUT2D eigenvalue weighted by atomic mass is 16.6. The number of non-ortho nitro benzene ring substituents is 1. The minimum Gasteiger partial charge on any atom is -0.478 e. The summed E-state index contributed by atoms with van der Waals surface area (Å²) in [6, 6.07) is 14.5. The molecule has 0 aliphatic carbocycles. The number of para-hydroxylation sites is 1. The molecule has 0 aliphatic rings. The summed E-state index contributed by atoms with van der Waals surface area (Å²) < 4.78 is 5.41. The molecule has 0 amide bonds. The minimum atomic E-state index is -1.12. The number of rotatable bonds is 6. The number of carboxylic acids is 1. The van der Waals surface area contributed by atoms with Gasteiger partial charge in [0.05, 0.1) is 4.92 Å². The fourth-order valence-electron chi connectivity index (χ4n) is 1.85. The smallest absolute Gasteiger partial charge is 0.345 e. The Morgan fingerprint density at radius 2 is 1.90 bits per heavy atom. The van der Waals surface area contributed by atoms with Crippen LogP contribution in [-0.2, 0) is 11.2 Å². The third-order valence-electron chi connectivity index (χ3n) is 2.84. The van der Waals surface area contributed by atoms with E-state index in [2.05, 4.69) is 0 Å². The molecule has 6 heteroatoms. The maximum atomic E-state index is 11.3. The summed E-state index contributed by atoms with van der Waals surface area (Å²) in [6.45, 7) is 0. The second-order valence-electron chi connectivity index (χ2n) is 4.39. The number of ether oxygens (including phenoxy) is 1. The van der Waals surface area contributed by atoms with E-state index in [0.29, 0.717) is 11.3 Å². The summed E-state index contributed by atoms with van der Waals surface area (Å²) >= 11 is 0. The highest BCUT2D eigenvalue weighted by Gasteiger charge is 2.21. The van der Waals surface area contributed by atoms with E-state index < -0.39 is 17.0 Å². The molecule has 0 saturated heterocycles. The van der Waals surface area contributed by atoms with Crippen molar-refractivity contribution in [1.82, 2.24) is 0 Å². The average Bonchev–Trinajstić information content (AvgIpc) is 2.48. The van der Waals surface area contributed by atoms with Crippen molar-refractivity contribution in [3.63, 3.8) is 0 Å². The molecule has 2 aromatic carbocycles. The van der Waals surface area contributed by atoms with Crippen molar-refractivity contribution in [3.8, 4) is 5.75 Å². The third kappa shape index (κ3) is 4.04. The first-order valence-corrected chi connectivity index (χ1v) is 6.24. The summed E-state index contributed by atoms with van der Waals surface area (Å²) in [5.41, 5.74) is 0.462. The van der Waals surface area contributed by atoms with Crippen LogP contribution in [0.4, 0.5) is 5.69 Å². The number of nitro groups is 1. The maximum Gasteiger partial charge on any atom is 0.345 e. The molecule has 1 N–H and O–H groups in total. The molecule has 2 aromatic rings. The average molecular weight is 287 g/mol. The lowest BCUT2D eigenvalue weighted by molar-refractivity contribution is -0.384. The molecule has 108 valence electrons. The van der Waals surface area contributed by atoms with E-state index in [1.54, 1.807) is 36.4 Å². The normalized spacial score (nSPS) is 11.6. The highest BCUT2D eigenvalue weighted by Crippen LogP contribution is 2.17. The van der Waals surface area contributed by atoms with Crippen LogP contribution in [0.2, 0.25) is 0 Å². The SMILES string of the molecule is O=C(O)[C@H](Cc1cccc([N+](=O)[O-])c1)Oc1ccccc1. The third-order valence-corrected chi connectivity index (χ3v) is 2.84. The van der Waals surface area contributed by atoms with Crippen molar-refractivity contribution in [2.75, 3.05) is 0 Å². The van der Waals surface area contributed by atoms with E-state index in [0.717, 1.165) is 0 Å². The Kier molecular flexibility index (Phi) is 4.50. The molecule has 1 atom stereocenters. The monoisotopic (exact) mass is 287 g/mol. The molecule has 0 heterocycles. The summed E-state index contributed by atoms with van der Waals surface area (Å²) in [5.74, 6) is -0.680. The van der Waals surface area contributed by atoms with Crippen LogP contribution in [0.3, 0.4) is 0 Å². The zero-order chi connectivity index (χ0) is 15.2. The Morgan fingerprint density at radius 1 is 1.19 bits per heavy atom. The molecule has 21 heavy (non-hydrogen) atoms. The Bertz CT molecular complexity index is 642. The van der Waals surface area contributed by atoms with Crippen molar-refractivity contribution in [1.29, 1.82) is 0 Å². The summed E-state index contributed by atoms with van der Waals surface area (Å²) in [4.78, 5) is 21.5. The first kappa shape index (κ1) is 14.5. The van der Waals surface area contributed by atoms with Gasteiger partial charge in [0.15, 0.2) is 6.10 Å². The zero-order valence-corrected chi connectivity index (χ0v) is 11.0. The molecular weight excluding hydrogens is 274 g/mol. The van der Waals surface area contributed by atoms with Gasteiger partial charge >= 0.3 is 5.97 Å². The largest absolute Gasteiger partial charge is 0.478 e. The van der Waals surface area contributed by atoms with Crippen molar-refractivity contribution in [3.05, 3.63) is 70.3 Å². The number of benzene rings is 2. The molecule has 0 aromatic heterocycles. The van der Waals surface area contributed by atoms with Crippen LogP contribution in [0, 0.1) is 10.1 Å². The van der Waals surface area contributed by atoms with E-state index in [4.69, 9.17) is 4.74 Å². The standard InChI is InChI=1S/C15H13NO5/c17-15(18)14(21-13-7-2-1-3-8-13)10-11-5-4-6-12(9-11)16(19)20/h1-9,14H,10H2,(H,17,18)/t14-/m0/s1. The molecule has 0 bridgehead atoms. The van der Waals surface area contributed by atoms with Gasteiger partial charge in [-0.3, -0.25) is 10.1 Å². The second kappa shape index (κ2) is 6.51. The van der Waals surface area contributed by atoms with Crippen LogP contribution in [0.5, 0.6) is 5.75 Å². The molecule has 0 saturated carbocycles. The topological polar surface area (TPSA) is 89.7 Å². The Morgan fingerprint density at radius 3 is 2.52 bits per heavy atom. The van der Waals surface area contributed by atoms with Crippen LogP contribution in [0.25, 0.3) is 0 Å². The van der Waals surface area contributed by atoms with Crippen LogP contribution < -0.4 is 4.74 Å². The van der Waals surface area contributed by atoms with Gasteiger partial charge in [0.2, 0.25) is 0 Å². The van der Waals surface area contributed by atoms with Gasteiger partial charge in [-0.1, -0.05) is 30.3 Å². The lowest BCUT2D eigenvalue weighted by Gasteiger charge is -2.15. The number of hydrogen-bond acceptors (Lipinski definition) is 4. The van der Waals surface area contributed by atoms with Gasteiger partial charge in [-0.2, -0.15) is 0 Å². The van der Waals surface area contributed by atoms with Crippen LogP contribution in [-0.4, -0.2) is 22.1 Å². The van der Waals surface area contributed by atoms with Gasteiger partial charge < -0.3 is 9.84 Å². The fourth-order valence-corrected chi connectivity index (χ4v) is 1.85. The molecule has 0 spiro atoms. The number of hydrogen-bond donors (Lipinski definition) is 1. The first-order valence-electron chi connectivity index (χ1n) is 6.24. The fraction of sp³-hybridized carbons (Fsp3) is 0.133. The number of carbonyl (C=O) groups is 1. The van der Waals surface area contributed by atoms with Crippen molar-refractivity contribution in [2.24, 2.45) is 0 Å². The van der Waals surface area contributed by atoms with E-state index in [1.807, 2.05) is 0 Å². The summed E-state index contributed by atoms with van der Waals surface area (Å²) in [7, 11) is 0. The van der Waals surface area contributed by atoms with Crippen molar-refractivity contribution >= 4 is 11.7 Å². The molecule has 0 fully saturated rings. The predicted octanol–water partition coefficient (Wildman–Crippen LogP) is 2.67. The number of aliphatic carboxylic acids is 1. The molecule has 2 rings (SSSR count). The lowest BCUT2D eigenvalue weighted by atomic mass is 10.1. The summed E-state index contributed by atoms with van der Waals surface area (Å²) in [6.07, 6.45) is -1.05. The molecular formula is C15H13NO5.